The average Bonchev–Trinajstić information content (AvgIpc) is 3.51. The smallest absolute Gasteiger partial charge is 0.341 e. The van der Waals surface area contributed by atoms with Crippen molar-refractivity contribution in [1.82, 2.24) is 4.57 Å². The monoisotopic (exact) mass is 372 g/mol. The molecule has 0 spiro atoms. The summed E-state index contributed by atoms with van der Waals surface area (Å²) in [6.07, 6.45) is 4.11. The molecule has 2 saturated carbocycles. The fourth-order valence-corrected chi connectivity index (χ4v) is 4.64. The van der Waals surface area contributed by atoms with Crippen molar-refractivity contribution in [3.05, 3.63) is 33.4 Å². The lowest BCUT2D eigenvalue weighted by molar-refractivity contribution is 0.0695. The molecular weight excluding hydrogens is 351 g/mol. The highest BCUT2D eigenvalue weighted by molar-refractivity contribution is 6.01. The molecule has 1 aromatic carbocycles. The molecule has 0 bridgehead atoms. The van der Waals surface area contributed by atoms with Crippen LogP contribution in [0.2, 0.25) is 0 Å². The second kappa shape index (κ2) is 5.01. The number of piperidine rings is 1. The quantitative estimate of drug-likeness (QED) is 0.705. The number of fused-ring (bicyclic) bond motifs is 2. The fraction of sp³-hybridized carbons (Fsp3) is 0.474. The van der Waals surface area contributed by atoms with Crippen LogP contribution in [0, 0.1) is 18.7 Å². The molecule has 2 heterocycles. The Labute approximate surface area is 154 Å². The van der Waals surface area contributed by atoms with E-state index in [-0.39, 0.29) is 28.2 Å². The number of carboxylic acid groups (broad SMARTS) is 1. The molecule has 3 fully saturated rings. The molecule has 7 nitrogen and oxygen atoms in total. The van der Waals surface area contributed by atoms with Crippen LogP contribution in [-0.2, 0) is 0 Å². The Balaban J connectivity index is 1.82. The number of aromatic nitrogens is 1. The first kappa shape index (κ1) is 16.6. The van der Waals surface area contributed by atoms with Gasteiger partial charge < -0.3 is 26.0 Å². The molecule has 2 unspecified atom stereocenters. The Hall–Kier alpha value is -2.61. The molecular formula is C19H21FN4O3. The zero-order valence-corrected chi connectivity index (χ0v) is 15.0. The number of nitrogen functional groups attached to an aromatic ring is 1. The molecule has 8 heteroatoms. The lowest BCUT2D eigenvalue weighted by atomic mass is 10.0. The maximum absolute atomic E-state index is 15.3. The SMILES string of the molecule is Cc1c(N2CC3CC3(N)C2)c(F)c(N)c2c(=O)c(C(=O)O)cn(C3CC3)c12. The number of pyridine rings is 1. The number of aryl methyl sites for hydroxylation is 1. The molecule has 2 aliphatic carbocycles. The molecule has 1 saturated heterocycles. The average molecular weight is 372 g/mol. The van der Waals surface area contributed by atoms with E-state index in [0.717, 1.165) is 19.3 Å². The third kappa shape index (κ3) is 2.16. The van der Waals surface area contributed by atoms with E-state index in [0.29, 0.717) is 35.8 Å². The summed E-state index contributed by atoms with van der Waals surface area (Å²) < 4.78 is 17.1. The number of rotatable bonds is 3. The van der Waals surface area contributed by atoms with E-state index in [1.807, 2.05) is 4.90 Å². The third-order valence-electron chi connectivity index (χ3n) is 6.35. The number of carboxylic acids is 1. The summed E-state index contributed by atoms with van der Waals surface area (Å²) in [5.41, 5.74) is 12.2. The van der Waals surface area contributed by atoms with E-state index in [1.165, 1.54) is 6.20 Å². The van der Waals surface area contributed by atoms with Crippen LogP contribution >= 0.6 is 0 Å². The molecule has 0 amide bonds. The normalized spacial score (nSPS) is 26.5. The van der Waals surface area contributed by atoms with Gasteiger partial charge in [0.15, 0.2) is 5.82 Å². The summed E-state index contributed by atoms with van der Waals surface area (Å²) >= 11 is 0. The fourth-order valence-electron chi connectivity index (χ4n) is 4.64. The van der Waals surface area contributed by atoms with Gasteiger partial charge in [-0.05, 0) is 37.7 Å². The molecule has 1 aliphatic heterocycles. The third-order valence-corrected chi connectivity index (χ3v) is 6.35. The van der Waals surface area contributed by atoms with Crippen LogP contribution < -0.4 is 21.8 Å². The Bertz CT molecular complexity index is 1090. The highest BCUT2D eigenvalue weighted by Gasteiger charge is 2.57. The number of benzene rings is 1. The predicted molar refractivity (Wildman–Crippen MR) is 99.8 cm³/mol. The first-order valence-electron chi connectivity index (χ1n) is 9.16. The number of anilines is 2. The molecule has 5 rings (SSSR count). The highest BCUT2D eigenvalue weighted by Crippen LogP contribution is 2.50. The van der Waals surface area contributed by atoms with Crippen LogP contribution in [0.1, 0.15) is 41.2 Å². The van der Waals surface area contributed by atoms with Crippen LogP contribution in [0.4, 0.5) is 15.8 Å². The van der Waals surface area contributed by atoms with Crippen LogP contribution in [0.5, 0.6) is 0 Å². The van der Waals surface area contributed by atoms with E-state index >= 15 is 4.39 Å². The van der Waals surface area contributed by atoms with E-state index in [9.17, 15) is 14.7 Å². The van der Waals surface area contributed by atoms with E-state index in [4.69, 9.17) is 11.5 Å². The Morgan fingerprint density at radius 2 is 2.11 bits per heavy atom. The van der Waals surface area contributed by atoms with E-state index < -0.39 is 17.2 Å². The number of halogens is 1. The number of nitrogens with two attached hydrogens (primary N) is 2. The predicted octanol–water partition coefficient (Wildman–Crippen LogP) is 1.60. The molecule has 3 aliphatic rings. The first-order chi connectivity index (χ1) is 12.7. The number of nitrogens with zero attached hydrogens (tertiary/aromatic N) is 2. The zero-order chi connectivity index (χ0) is 19.2. The summed E-state index contributed by atoms with van der Waals surface area (Å²) in [5, 5.41) is 9.37. The zero-order valence-electron chi connectivity index (χ0n) is 15.0. The van der Waals surface area contributed by atoms with Gasteiger partial charge in [-0.2, -0.15) is 0 Å². The van der Waals surface area contributed by atoms with Crippen molar-refractivity contribution in [3.63, 3.8) is 0 Å². The summed E-state index contributed by atoms with van der Waals surface area (Å²) in [6.45, 7) is 2.99. The van der Waals surface area contributed by atoms with Crippen LogP contribution in [-0.4, -0.2) is 34.3 Å². The minimum absolute atomic E-state index is 0.0348. The van der Waals surface area contributed by atoms with Crippen molar-refractivity contribution in [2.45, 2.75) is 37.8 Å². The van der Waals surface area contributed by atoms with Gasteiger partial charge in [0.2, 0.25) is 5.43 Å². The van der Waals surface area contributed by atoms with Crippen LogP contribution in [0.15, 0.2) is 11.0 Å². The molecule has 2 aromatic rings. The maximum Gasteiger partial charge on any atom is 0.341 e. The Morgan fingerprint density at radius 3 is 2.67 bits per heavy atom. The van der Waals surface area contributed by atoms with Crippen LogP contribution in [0.25, 0.3) is 10.9 Å². The number of hydrogen-bond donors (Lipinski definition) is 3. The maximum atomic E-state index is 15.3. The Morgan fingerprint density at radius 1 is 1.41 bits per heavy atom. The lowest BCUT2D eigenvalue weighted by Gasteiger charge is -2.27. The molecule has 2 atom stereocenters. The highest BCUT2D eigenvalue weighted by atomic mass is 19.1. The van der Waals surface area contributed by atoms with Crippen molar-refractivity contribution in [1.29, 1.82) is 0 Å². The number of aromatic carboxylic acids is 1. The van der Waals surface area contributed by atoms with Gasteiger partial charge in [-0.25, -0.2) is 9.18 Å². The van der Waals surface area contributed by atoms with Gasteiger partial charge in [0.25, 0.3) is 0 Å². The Kier molecular flexibility index (Phi) is 3.07. The minimum atomic E-state index is -1.33. The second-order valence-electron chi connectivity index (χ2n) is 8.26. The van der Waals surface area contributed by atoms with E-state index in [1.54, 1.807) is 11.5 Å². The van der Waals surface area contributed by atoms with Gasteiger partial charge in [0.05, 0.1) is 22.3 Å². The van der Waals surface area contributed by atoms with Gasteiger partial charge in [0.1, 0.15) is 5.56 Å². The lowest BCUT2D eigenvalue weighted by Crippen LogP contribution is -2.34. The standard InChI is InChI=1S/C19H21FN4O3/c1-8-15-12(17(25)11(18(26)27)6-24(15)10-2-3-10)14(21)13(20)16(8)23-5-9-4-19(9,22)7-23/h6,9-10H,2-5,7,21-22H2,1H3,(H,26,27). The summed E-state index contributed by atoms with van der Waals surface area (Å²) in [6, 6.07) is 0.107. The van der Waals surface area contributed by atoms with Crippen molar-refractivity contribution in [2.24, 2.45) is 11.7 Å². The minimum Gasteiger partial charge on any atom is -0.477 e. The summed E-state index contributed by atoms with van der Waals surface area (Å²) in [7, 11) is 0. The number of hydrogen-bond acceptors (Lipinski definition) is 5. The van der Waals surface area contributed by atoms with Gasteiger partial charge in [-0.15, -0.1) is 0 Å². The van der Waals surface area contributed by atoms with Crippen molar-refractivity contribution >= 4 is 28.2 Å². The van der Waals surface area contributed by atoms with Crippen molar-refractivity contribution < 1.29 is 14.3 Å². The molecule has 1 aromatic heterocycles. The molecule has 27 heavy (non-hydrogen) atoms. The van der Waals surface area contributed by atoms with Gasteiger partial charge >= 0.3 is 5.97 Å². The molecule has 0 radical (unpaired) electrons. The largest absolute Gasteiger partial charge is 0.477 e. The molecule has 142 valence electrons. The number of carbonyl (C=O) groups is 1. The second-order valence-corrected chi connectivity index (χ2v) is 8.26. The summed E-state index contributed by atoms with van der Waals surface area (Å²) in [4.78, 5) is 26.2. The van der Waals surface area contributed by atoms with Crippen molar-refractivity contribution in [3.8, 4) is 0 Å². The van der Waals surface area contributed by atoms with Crippen LogP contribution in [0.3, 0.4) is 0 Å². The van der Waals surface area contributed by atoms with Gasteiger partial charge in [-0.1, -0.05) is 0 Å². The summed E-state index contributed by atoms with van der Waals surface area (Å²) in [5.74, 6) is -1.64. The van der Waals surface area contributed by atoms with Gasteiger partial charge in [-0.3, -0.25) is 4.79 Å². The van der Waals surface area contributed by atoms with Crippen molar-refractivity contribution in [2.75, 3.05) is 23.7 Å². The molecule has 5 N–H and O–H groups in total. The van der Waals surface area contributed by atoms with Gasteiger partial charge in [0, 0.05) is 30.9 Å². The van der Waals surface area contributed by atoms with E-state index in [2.05, 4.69) is 0 Å². The topological polar surface area (TPSA) is 115 Å². The first-order valence-corrected chi connectivity index (χ1v) is 9.16.